The molecule has 0 amide bonds. The minimum absolute atomic E-state index is 0.117. The molecule has 1 N–H and O–H groups in total. The first kappa shape index (κ1) is 18.9. The van der Waals surface area contributed by atoms with Gasteiger partial charge in [-0.05, 0) is 68.6 Å². The molecule has 0 spiro atoms. The fraction of sp³-hybridized carbons (Fsp3) is 0.938. The van der Waals surface area contributed by atoms with Gasteiger partial charge >= 0.3 is 12.1 Å². The van der Waals surface area contributed by atoms with Crippen LogP contribution in [0.25, 0.3) is 0 Å². The molecule has 4 aliphatic carbocycles. The van der Waals surface area contributed by atoms with Gasteiger partial charge in [0.2, 0.25) is 5.60 Å². The van der Waals surface area contributed by atoms with Crippen LogP contribution < -0.4 is 0 Å². The van der Waals surface area contributed by atoms with Crippen LogP contribution >= 0.6 is 0 Å². The molecule has 0 aromatic carbocycles. The quantitative estimate of drug-likeness (QED) is 0.581. The molecule has 4 aliphatic rings. The van der Waals surface area contributed by atoms with Gasteiger partial charge in [-0.15, -0.1) is 0 Å². The Morgan fingerprint density at radius 1 is 1.12 bits per heavy atom. The van der Waals surface area contributed by atoms with Crippen molar-refractivity contribution in [3.63, 3.8) is 0 Å². The number of hydrogen-bond acceptors (Lipinski definition) is 4. The maximum absolute atomic E-state index is 13.2. The summed E-state index contributed by atoms with van der Waals surface area (Å²) in [6, 6.07) is 0. The number of halogens is 3. The van der Waals surface area contributed by atoms with Gasteiger partial charge < -0.3 is 4.74 Å². The fourth-order valence-corrected chi connectivity index (χ4v) is 6.54. The summed E-state index contributed by atoms with van der Waals surface area (Å²) in [6.45, 7) is 0.484. The molecule has 25 heavy (non-hydrogen) atoms. The predicted octanol–water partition coefficient (Wildman–Crippen LogP) is 3.34. The van der Waals surface area contributed by atoms with E-state index >= 15 is 0 Å². The highest BCUT2D eigenvalue weighted by molar-refractivity contribution is 7.85. The van der Waals surface area contributed by atoms with Crippen molar-refractivity contribution >= 4 is 16.1 Å². The van der Waals surface area contributed by atoms with Crippen LogP contribution in [-0.2, 0) is 19.6 Å². The minimum Gasteiger partial charge on any atom is -0.448 e. The fourth-order valence-electron chi connectivity index (χ4n) is 5.62. The topological polar surface area (TPSA) is 80.7 Å². The molecule has 144 valence electrons. The number of carbonyl (C=O) groups excluding carboxylic acids is 1. The lowest BCUT2D eigenvalue weighted by atomic mass is 9.49. The molecule has 0 aromatic heterocycles. The molecule has 4 saturated carbocycles. The second kappa shape index (κ2) is 5.84. The molecule has 0 heterocycles. The van der Waals surface area contributed by atoms with Crippen LogP contribution in [0.2, 0.25) is 0 Å². The van der Waals surface area contributed by atoms with E-state index in [0.29, 0.717) is 24.7 Å². The van der Waals surface area contributed by atoms with Gasteiger partial charge in [-0.3, -0.25) is 9.35 Å². The summed E-state index contributed by atoms with van der Waals surface area (Å²) in [5, 5.41) is 0. The van der Waals surface area contributed by atoms with Gasteiger partial charge in [-0.1, -0.05) is 0 Å². The van der Waals surface area contributed by atoms with Crippen LogP contribution in [0.4, 0.5) is 13.2 Å². The molecule has 1 atom stereocenters. The molecule has 9 heteroatoms. The Hall–Kier alpha value is -0.830. The van der Waals surface area contributed by atoms with E-state index in [1.165, 1.54) is 0 Å². The summed E-state index contributed by atoms with van der Waals surface area (Å²) in [7, 11) is -4.96. The zero-order valence-corrected chi connectivity index (χ0v) is 14.8. The van der Waals surface area contributed by atoms with E-state index in [0.717, 1.165) is 38.5 Å². The number of alkyl halides is 3. The van der Waals surface area contributed by atoms with E-state index < -0.39 is 33.6 Å². The molecule has 1 unspecified atom stereocenters. The van der Waals surface area contributed by atoms with E-state index in [2.05, 4.69) is 4.74 Å². The molecule has 0 aromatic rings. The third-order valence-electron chi connectivity index (χ3n) is 6.08. The summed E-state index contributed by atoms with van der Waals surface area (Å²) < 4.78 is 75.0. The van der Waals surface area contributed by atoms with Crippen LogP contribution in [0.5, 0.6) is 0 Å². The summed E-state index contributed by atoms with van der Waals surface area (Å²) in [4.78, 5) is 12.3. The lowest BCUT2D eigenvalue weighted by Crippen LogP contribution is -2.52. The molecular formula is C16H23F3O5S. The Bertz CT molecular complexity index is 622. The van der Waals surface area contributed by atoms with Crippen LogP contribution in [0.15, 0.2) is 0 Å². The molecule has 4 rings (SSSR count). The van der Waals surface area contributed by atoms with Crippen LogP contribution in [0.3, 0.4) is 0 Å². The first-order valence-corrected chi connectivity index (χ1v) is 10.1. The van der Waals surface area contributed by atoms with Crippen LogP contribution in [0, 0.1) is 23.2 Å². The van der Waals surface area contributed by atoms with Gasteiger partial charge in [0.1, 0.15) is 5.75 Å². The maximum Gasteiger partial charge on any atom is 0.429 e. The van der Waals surface area contributed by atoms with Gasteiger partial charge in [-0.2, -0.15) is 21.6 Å². The summed E-state index contributed by atoms with van der Waals surface area (Å²) in [5.74, 6) is -1.14. The summed E-state index contributed by atoms with van der Waals surface area (Å²) in [6.07, 6.45) is 0.679. The Balaban J connectivity index is 1.72. The monoisotopic (exact) mass is 384 g/mol. The van der Waals surface area contributed by atoms with Crippen molar-refractivity contribution in [1.82, 2.24) is 0 Å². The molecule has 5 nitrogen and oxygen atoms in total. The lowest BCUT2D eigenvalue weighted by Gasteiger charge is -2.56. The highest BCUT2D eigenvalue weighted by Gasteiger charge is 2.58. The van der Waals surface area contributed by atoms with E-state index in [9.17, 15) is 26.4 Å². The molecular weight excluding hydrogens is 361 g/mol. The molecule has 0 aliphatic heterocycles. The SMILES string of the molecule is CC(CS(=O)(=O)O)(OC(=O)CC12CC3CC(CC(C3)C1)C2)C(F)(F)F. The van der Waals surface area contributed by atoms with Crippen molar-refractivity contribution in [3.8, 4) is 0 Å². The first-order chi connectivity index (χ1) is 11.3. The molecule has 0 radical (unpaired) electrons. The second-order valence-electron chi connectivity index (χ2n) is 8.52. The molecule has 4 bridgehead atoms. The van der Waals surface area contributed by atoms with Crippen molar-refractivity contribution in [2.45, 2.75) is 63.6 Å². The zero-order valence-electron chi connectivity index (χ0n) is 14.0. The van der Waals surface area contributed by atoms with Gasteiger partial charge in [0.25, 0.3) is 10.1 Å². The molecule has 0 saturated heterocycles. The van der Waals surface area contributed by atoms with Gasteiger partial charge in [0.05, 0.1) is 6.42 Å². The van der Waals surface area contributed by atoms with E-state index in [4.69, 9.17) is 4.55 Å². The Morgan fingerprint density at radius 3 is 1.92 bits per heavy atom. The van der Waals surface area contributed by atoms with Gasteiger partial charge in [0, 0.05) is 0 Å². The minimum atomic E-state index is -5.10. The van der Waals surface area contributed by atoms with E-state index in [-0.39, 0.29) is 11.8 Å². The highest BCUT2D eigenvalue weighted by Crippen LogP contribution is 2.61. The summed E-state index contributed by atoms with van der Waals surface area (Å²) >= 11 is 0. The standard InChI is InChI=1S/C16H23F3O5S/c1-14(16(17,18)19,9-25(21,22)23)24-13(20)8-15-5-10-2-11(6-15)4-12(3-10)7-15/h10-12H,2-9H2,1H3,(H,21,22,23). The van der Waals surface area contributed by atoms with Crippen molar-refractivity contribution in [2.24, 2.45) is 23.2 Å². The lowest BCUT2D eigenvalue weighted by molar-refractivity contribution is -0.257. The maximum atomic E-state index is 13.2. The predicted molar refractivity (Wildman–Crippen MR) is 82.2 cm³/mol. The number of hydrogen-bond donors (Lipinski definition) is 1. The number of esters is 1. The summed E-state index contributed by atoms with van der Waals surface area (Å²) in [5.41, 5.74) is -3.56. The van der Waals surface area contributed by atoms with Crippen molar-refractivity contribution in [2.75, 3.05) is 5.75 Å². The van der Waals surface area contributed by atoms with Gasteiger partial charge in [-0.25, -0.2) is 0 Å². The number of carbonyl (C=O) groups is 1. The van der Waals surface area contributed by atoms with E-state index in [1.54, 1.807) is 0 Å². The van der Waals surface area contributed by atoms with Crippen LogP contribution in [0.1, 0.15) is 51.9 Å². The Labute approximate surface area is 145 Å². The van der Waals surface area contributed by atoms with Crippen molar-refractivity contribution in [3.05, 3.63) is 0 Å². The van der Waals surface area contributed by atoms with E-state index in [1.807, 2.05) is 0 Å². The Morgan fingerprint density at radius 2 is 1.56 bits per heavy atom. The zero-order chi connectivity index (χ0) is 18.7. The Kier molecular flexibility index (Phi) is 4.42. The van der Waals surface area contributed by atoms with Gasteiger partial charge in [0.15, 0.2) is 0 Å². The van der Waals surface area contributed by atoms with Crippen molar-refractivity contribution < 1.29 is 35.7 Å². The normalized spacial score (nSPS) is 36.9. The average molecular weight is 384 g/mol. The first-order valence-electron chi connectivity index (χ1n) is 8.53. The highest BCUT2D eigenvalue weighted by atomic mass is 32.2. The largest absolute Gasteiger partial charge is 0.448 e. The average Bonchev–Trinajstić information content (AvgIpc) is 2.31. The molecule has 4 fully saturated rings. The number of ether oxygens (including phenoxy) is 1. The van der Waals surface area contributed by atoms with Crippen molar-refractivity contribution in [1.29, 1.82) is 0 Å². The smallest absolute Gasteiger partial charge is 0.429 e. The third kappa shape index (κ3) is 3.97. The second-order valence-corrected chi connectivity index (χ2v) is 9.98. The number of rotatable bonds is 5. The van der Waals surface area contributed by atoms with Crippen LogP contribution in [-0.4, -0.2) is 36.5 Å². The third-order valence-corrected chi connectivity index (χ3v) is 7.00.